The lowest BCUT2D eigenvalue weighted by molar-refractivity contribution is -0.385. The highest BCUT2D eigenvalue weighted by atomic mass is 16.6. The number of fused-ring (bicyclic) bond motifs is 1. The third-order valence-corrected chi connectivity index (χ3v) is 6.08. The Balaban J connectivity index is 1.69. The van der Waals surface area contributed by atoms with Crippen LogP contribution >= 0.6 is 0 Å². The lowest BCUT2D eigenvalue weighted by Crippen LogP contribution is -2.49. The Kier molecular flexibility index (Phi) is 5.93. The molecule has 1 saturated heterocycles. The van der Waals surface area contributed by atoms with Gasteiger partial charge in [-0.2, -0.15) is 5.01 Å². The van der Waals surface area contributed by atoms with Crippen LogP contribution in [-0.2, 0) is 16.1 Å². The summed E-state index contributed by atoms with van der Waals surface area (Å²) in [5.74, 6) is -2.81. The minimum absolute atomic E-state index is 0.0530. The maximum atomic E-state index is 13.4. The van der Waals surface area contributed by atoms with Gasteiger partial charge in [-0.05, 0) is 37.5 Å². The van der Waals surface area contributed by atoms with Gasteiger partial charge in [-0.25, -0.2) is 5.01 Å². The van der Waals surface area contributed by atoms with Crippen molar-refractivity contribution >= 4 is 29.1 Å². The Morgan fingerprint density at radius 3 is 2.03 bits per heavy atom. The Labute approximate surface area is 193 Å². The number of hydrazine groups is 1. The number of allylic oxidation sites excluding steroid dienone is 2. The second-order valence-electron chi connectivity index (χ2n) is 8.28. The number of rotatable bonds is 6. The van der Waals surface area contributed by atoms with E-state index in [1.165, 1.54) is 36.4 Å². The average Bonchev–Trinajstić information content (AvgIpc) is 3.06. The maximum Gasteiger partial charge on any atom is 0.273 e. The molecule has 0 spiro atoms. The van der Waals surface area contributed by atoms with Crippen molar-refractivity contribution in [2.24, 2.45) is 11.8 Å². The topological polar surface area (TPSA) is 144 Å². The van der Waals surface area contributed by atoms with Crippen molar-refractivity contribution in [1.82, 2.24) is 10.0 Å². The zero-order chi connectivity index (χ0) is 24.6. The number of amides is 3. The first-order valence-electron chi connectivity index (χ1n) is 10.5. The normalized spacial score (nSPS) is 19.4. The Hall–Kier alpha value is -4.41. The van der Waals surface area contributed by atoms with Gasteiger partial charge in [0.05, 0.1) is 28.2 Å². The van der Waals surface area contributed by atoms with E-state index in [2.05, 4.69) is 0 Å². The minimum Gasteiger partial charge on any atom is -0.272 e. The van der Waals surface area contributed by atoms with Gasteiger partial charge < -0.3 is 0 Å². The van der Waals surface area contributed by atoms with Crippen LogP contribution in [0.2, 0.25) is 0 Å². The highest BCUT2D eigenvalue weighted by Gasteiger charge is 2.51. The van der Waals surface area contributed by atoms with Crippen molar-refractivity contribution in [3.8, 4) is 0 Å². The Morgan fingerprint density at radius 1 is 0.941 bits per heavy atom. The van der Waals surface area contributed by atoms with Crippen LogP contribution in [0.1, 0.15) is 35.7 Å². The number of imide groups is 1. The van der Waals surface area contributed by atoms with Crippen molar-refractivity contribution in [1.29, 1.82) is 0 Å². The van der Waals surface area contributed by atoms with Crippen LogP contribution in [0.15, 0.2) is 60.2 Å². The van der Waals surface area contributed by atoms with Crippen molar-refractivity contribution in [3.63, 3.8) is 0 Å². The van der Waals surface area contributed by atoms with Gasteiger partial charge in [0.25, 0.3) is 29.1 Å². The summed E-state index contributed by atoms with van der Waals surface area (Å²) in [5, 5.41) is 23.8. The standard InChI is InChI=1S/C23H20N4O7/c1-14-2-11-19-20(12-14)23(30)25(22(19)29)24(13-15-3-7-17(8-4-15)26(31)32)21(28)16-5-9-18(10-6-16)27(33)34/h2-10,19-20H,11-13H2,1H3/t19-,20-/m0/s1. The largest absolute Gasteiger partial charge is 0.273 e. The van der Waals surface area contributed by atoms with Crippen LogP contribution in [0.4, 0.5) is 11.4 Å². The van der Waals surface area contributed by atoms with Gasteiger partial charge in [-0.3, -0.25) is 34.6 Å². The molecule has 0 N–H and O–H groups in total. The quantitative estimate of drug-likeness (QED) is 0.276. The van der Waals surface area contributed by atoms with Crippen LogP contribution in [0.25, 0.3) is 0 Å². The second kappa shape index (κ2) is 8.85. The fourth-order valence-corrected chi connectivity index (χ4v) is 4.26. The number of nitro groups is 2. The van der Waals surface area contributed by atoms with E-state index < -0.39 is 39.4 Å². The molecule has 0 saturated carbocycles. The number of non-ortho nitro benzene ring substituents is 2. The van der Waals surface area contributed by atoms with Crippen LogP contribution in [-0.4, -0.2) is 37.6 Å². The predicted octanol–water partition coefficient (Wildman–Crippen LogP) is 3.40. The molecule has 0 radical (unpaired) electrons. The predicted molar refractivity (Wildman–Crippen MR) is 118 cm³/mol. The molecule has 1 heterocycles. The van der Waals surface area contributed by atoms with Crippen molar-refractivity contribution in [3.05, 3.63) is 91.5 Å². The van der Waals surface area contributed by atoms with Crippen molar-refractivity contribution in [2.75, 3.05) is 0 Å². The maximum absolute atomic E-state index is 13.4. The third-order valence-electron chi connectivity index (χ3n) is 6.08. The smallest absolute Gasteiger partial charge is 0.272 e. The summed E-state index contributed by atoms with van der Waals surface area (Å²) in [7, 11) is 0. The average molecular weight is 464 g/mol. The summed E-state index contributed by atoms with van der Waals surface area (Å²) < 4.78 is 0. The molecule has 2 aromatic rings. The van der Waals surface area contributed by atoms with E-state index in [-0.39, 0.29) is 23.5 Å². The monoisotopic (exact) mass is 464 g/mol. The summed E-state index contributed by atoms with van der Waals surface area (Å²) in [5.41, 5.74) is 1.16. The molecule has 0 unspecified atom stereocenters. The molecule has 1 aliphatic heterocycles. The molecule has 3 amide bonds. The van der Waals surface area contributed by atoms with E-state index in [9.17, 15) is 34.6 Å². The van der Waals surface area contributed by atoms with Gasteiger partial charge in [0, 0.05) is 29.8 Å². The summed E-state index contributed by atoms with van der Waals surface area (Å²) in [6.07, 6.45) is 2.73. The van der Waals surface area contributed by atoms with E-state index in [0.29, 0.717) is 18.4 Å². The third kappa shape index (κ3) is 4.15. The molecule has 11 heteroatoms. The molecule has 0 bridgehead atoms. The molecule has 174 valence electrons. The number of hydrogen-bond acceptors (Lipinski definition) is 7. The van der Waals surface area contributed by atoms with Crippen molar-refractivity contribution < 1.29 is 24.2 Å². The van der Waals surface area contributed by atoms with Crippen LogP contribution in [0.3, 0.4) is 0 Å². The summed E-state index contributed by atoms with van der Waals surface area (Å²) in [6.45, 7) is 1.68. The second-order valence-corrected chi connectivity index (χ2v) is 8.28. The van der Waals surface area contributed by atoms with Gasteiger partial charge in [-0.1, -0.05) is 23.8 Å². The van der Waals surface area contributed by atoms with Gasteiger partial charge in [0.1, 0.15) is 0 Å². The molecule has 11 nitrogen and oxygen atoms in total. The number of hydrogen-bond donors (Lipinski definition) is 0. The zero-order valence-electron chi connectivity index (χ0n) is 18.1. The van der Waals surface area contributed by atoms with Crippen LogP contribution in [0.5, 0.6) is 0 Å². The minimum atomic E-state index is -0.696. The highest BCUT2D eigenvalue weighted by molar-refractivity contribution is 6.08. The molecule has 1 aliphatic carbocycles. The number of benzene rings is 2. The molecule has 2 atom stereocenters. The number of nitrogens with zero attached hydrogens (tertiary/aromatic N) is 4. The number of nitro benzene ring substituents is 2. The van der Waals surface area contributed by atoms with E-state index in [0.717, 1.165) is 27.7 Å². The molecule has 34 heavy (non-hydrogen) atoms. The first-order chi connectivity index (χ1) is 16.2. The van der Waals surface area contributed by atoms with Gasteiger partial charge in [0.15, 0.2) is 0 Å². The molecule has 1 fully saturated rings. The summed E-state index contributed by atoms with van der Waals surface area (Å²) >= 11 is 0. The Bertz CT molecular complexity index is 1220. The van der Waals surface area contributed by atoms with Crippen molar-refractivity contribution in [2.45, 2.75) is 26.3 Å². The molecule has 4 rings (SSSR count). The summed E-state index contributed by atoms with van der Waals surface area (Å²) in [6, 6.07) is 10.3. The fraction of sp³-hybridized carbons (Fsp3) is 0.261. The molecule has 0 aromatic heterocycles. The zero-order valence-corrected chi connectivity index (χ0v) is 18.1. The van der Waals surface area contributed by atoms with E-state index in [1.807, 2.05) is 13.0 Å². The first kappa shape index (κ1) is 22.8. The number of carbonyl (C=O) groups excluding carboxylic acids is 3. The van der Waals surface area contributed by atoms with Crippen LogP contribution in [0, 0.1) is 32.1 Å². The number of carbonyl (C=O) groups is 3. The molecule has 2 aromatic carbocycles. The van der Waals surface area contributed by atoms with E-state index in [1.54, 1.807) is 0 Å². The Morgan fingerprint density at radius 2 is 1.47 bits per heavy atom. The lowest BCUT2D eigenvalue weighted by atomic mass is 9.82. The SMILES string of the molecule is CC1=CC[C@@H]2C(=O)N(N(Cc3ccc([N+](=O)[O-])cc3)C(=O)c3ccc([N+](=O)[O-])cc3)C(=O)[C@H]2C1. The molecule has 2 aliphatic rings. The highest BCUT2D eigenvalue weighted by Crippen LogP contribution is 2.39. The molecular weight excluding hydrogens is 444 g/mol. The van der Waals surface area contributed by atoms with Crippen LogP contribution < -0.4 is 0 Å². The van der Waals surface area contributed by atoms with Gasteiger partial charge in [0.2, 0.25) is 0 Å². The van der Waals surface area contributed by atoms with E-state index >= 15 is 0 Å². The first-order valence-corrected chi connectivity index (χ1v) is 10.5. The fourth-order valence-electron chi connectivity index (χ4n) is 4.26. The van der Waals surface area contributed by atoms with Gasteiger partial charge >= 0.3 is 0 Å². The summed E-state index contributed by atoms with van der Waals surface area (Å²) in [4.78, 5) is 60.7. The molecular formula is C23H20N4O7. The lowest BCUT2D eigenvalue weighted by Gasteiger charge is -2.30. The van der Waals surface area contributed by atoms with E-state index in [4.69, 9.17) is 0 Å². The van der Waals surface area contributed by atoms with Gasteiger partial charge in [-0.15, -0.1) is 0 Å².